The highest BCUT2D eigenvalue weighted by Crippen LogP contribution is 2.42. The number of carboxylic acid groups (broad SMARTS) is 1. The Hall–Kier alpha value is -3.03. The molecule has 7 heteroatoms. The van der Waals surface area contributed by atoms with Crippen molar-refractivity contribution >= 4 is 23.7 Å². The molecule has 38 heavy (non-hydrogen) atoms. The summed E-state index contributed by atoms with van der Waals surface area (Å²) >= 11 is 1.60. The molecule has 0 radical (unpaired) electrons. The number of esters is 1. The van der Waals surface area contributed by atoms with Crippen molar-refractivity contribution in [3.63, 3.8) is 0 Å². The van der Waals surface area contributed by atoms with Gasteiger partial charge >= 0.3 is 11.9 Å². The van der Waals surface area contributed by atoms with Crippen LogP contribution in [0.4, 0.5) is 0 Å². The van der Waals surface area contributed by atoms with Gasteiger partial charge in [-0.3, -0.25) is 9.69 Å². The van der Waals surface area contributed by atoms with Crippen molar-refractivity contribution in [3.05, 3.63) is 89.5 Å². The quantitative estimate of drug-likeness (QED) is 0.341. The highest BCUT2D eigenvalue weighted by atomic mass is 32.2. The van der Waals surface area contributed by atoms with Crippen LogP contribution in [-0.4, -0.2) is 61.0 Å². The second kappa shape index (κ2) is 14.2. The number of nitrogens with zero attached hydrogens (tertiary/aromatic N) is 1. The van der Waals surface area contributed by atoms with E-state index in [0.717, 1.165) is 56.4 Å². The molecule has 0 amide bonds. The van der Waals surface area contributed by atoms with Crippen molar-refractivity contribution in [1.82, 2.24) is 4.90 Å². The molecule has 0 bridgehead atoms. The number of carbonyl (C=O) groups excluding carboxylic acids is 1. The molecule has 1 aliphatic carbocycles. The fourth-order valence-electron chi connectivity index (χ4n) is 5.13. The van der Waals surface area contributed by atoms with Crippen LogP contribution in [0.15, 0.2) is 78.4 Å². The van der Waals surface area contributed by atoms with Gasteiger partial charge in [0.15, 0.2) is 6.61 Å². The average molecular weight is 536 g/mol. The zero-order valence-electron chi connectivity index (χ0n) is 22.0. The Labute approximate surface area is 229 Å². The molecule has 2 atom stereocenters. The Balaban J connectivity index is 1.42. The molecule has 2 aromatic rings. The lowest BCUT2D eigenvalue weighted by atomic mass is 9.91. The van der Waals surface area contributed by atoms with Gasteiger partial charge in [-0.25, -0.2) is 4.79 Å². The van der Waals surface area contributed by atoms with Crippen LogP contribution >= 0.6 is 11.8 Å². The lowest BCUT2D eigenvalue weighted by Crippen LogP contribution is -2.36. The van der Waals surface area contributed by atoms with E-state index >= 15 is 0 Å². The summed E-state index contributed by atoms with van der Waals surface area (Å²) in [6.45, 7) is 3.00. The first kappa shape index (κ1) is 28.0. The molecule has 2 aliphatic rings. The molecule has 202 valence electrons. The Kier molecular flexibility index (Phi) is 10.5. The van der Waals surface area contributed by atoms with E-state index in [0.29, 0.717) is 18.3 Å². The Morgan fingerprint density at radius 3 is 2.50 bits per heavy atom. The van der Waals surface area contributed by atoms with Crippen LogP contribution in [0, 0.1) is 5.92 Å². The Morgan fingerprint density at radius 2 is 1.82 bits per heavy atom. The molecule has 1 heterocycles. The van der Waals surface area contributed by atoms with E-state index in [4.69, 9.17) is 14.6 Å². The molecule has 0 aromatic heterocycles. The summed E-state index contributed by atoms with van der Waals surface area (Å²) in [6, 6.07) is 17.1. The summed E-state index contributed by atoms with van der Waals surface area (Å²) in [5, 5.41) is 8.84. The van der Waals surface area contributed by atoms with Gasteiger partial charge in [0.1, 0.15) is 5.75 Å². The summed E-state index contributed by atoms with van der Waals surface area (Å²) in [7, 11) is 0. The predicted octanol–water partition coefficient (Wildman–Crippen LogP) is 5.87. The fourth-order valence-corrected chi connectivity index (χ4v) is 6.10. The summed E-state index contributed by atoms with van der Waals surface area (Å²) < 4.78 is 11.4. The van der Waals surface area contributed by atoms with Gasteiger partial charge in [0.25, 0.3) is 0 Å². The van der Waals surface area contributed by atoms with E-state index in [9.17, 15) is 9.59 Å². The van der Waals surface area contributed by atoms with Crippen LogP contribution in [0.25, 0.3) is 0 Å². The SMILES string of the molecule is CSC(c1ccccc1)C(C(=O)OCC1CCN(CC2=CCCC=C2)CC1)c1cccc(OCC(=O)O)c1. The number of carboxylic acids is 1. The number of thioether (sulfide) groups is 1. The highest BCUT2D eigenvalue weighted by Gasteiger charge is 2.33. The molecule has 1 aliphatic heterocycles. The van der Waals surface area contributed by atoms with E-state index < -0.39 is 18.5 Å². The minimum Gasteiger partial charge on any atom is -0.482 e. The molecule has 4 rings (SSSR count). The topological polar surface area (TPSA) is 76.1 Å². The van der Waals surface area contributed by atoms with E-state index in [1.165, 1.54) is 5.57 Å². The van der Waals surface area contributed by atoms with Gasteiger partial charge in [0.05, 0.1) is 12.5 Å². The number of rotatable bonds is 12. The van der Waals surface area contributed by atoms with Gasteiger partial charge in [0.2, 0.25) is 0 Å². The second-order valence-electron chi connectivity index (χ2n) is 9.91. The lowest BCUT2D eigenvalue weighted by molar-refractivity contribution is -0.147. The standard InChI is InChI=1S/C31H37NO5S/c1-38-30(25-11-6-3-7-12-25)29(26-13-8-14-27(19-26)36-22-28(33)34)31(35)37-21-24-15-17-32(18-16-24)20-23-9-4-2-5-10-23/h3-4,6-14,19,24,29-30H,2,5,15-18,20-22H2,1H3,(H,33,34). The smallest absolute Gasteiger partial charge is 0.341 e. The van der Waals surface area contributed by atoms with Gasteiger partial charge in [-0.05, 0) is 79.8 Å². The van der Waals surface area contributed by atoms with Crippen LogP contribution in [-0.2, 0) is 14.3 Å². The van der Waals surface area contributed by atoms with Crippen LogP contribution in [0.1, 0.15) is 48.0 Å². The third-order valence-electron chi connectivity index (χ3n) is 7.16. The van der Waals surface area contributed by atoms with Gasteiger partial charge in [-0.15, -0.1) is 0 Å². The molecular weight excluding hydrogens is 498 g/mol. The first-order chi connectivity index (χ1) is 18.5. The molecule has 2 unspecified atom stereocenters. The molecule has 0 saturated carbocycles. The minimum absolute atomic E-state index is 0.155. The summed E-state index contributed by atoms with van der Waals surface area (Å²) in [6.07, 6.45) is 13.1. The van der Waals surface area contributed by atoms with Crippen LogP contribution in [0.2, 0.25) is 0 Å². The van der Waals surface area contributed by atoms with Crippen molar-refractivity contribution in [2.75, 3.05) is 39.1 Å². The summed E-state index contributed by atoms with van der Waals surface area (Å²) in [5.74, 6) is -1.09. The predicted molar refractivity (Wildman–Crippen MR) is 152 cm³/mol. The monoisotopic (exact) mass is 535 g/mol. The zero-order chi connectivity index (χ0) is 26.7. The van der Waals surface area contributed by atoms with Crippen molar-refractivity contribution in [1.29, 1.82) is 0 Å². The molecule has 1 saturated heterocycles. The number of likely N-dealkylation sites (tertiary alicyclic amines) is 1. The van der Waals surface area contributed by atoms with Gasteiger partial charge in [-0.1, -0.05) is 60.7 Å². The molecule has 0 spiro atoms. The van der Waals surface area contributed by atoms with Crippen molar-refractivity contribution in [3.8, 4) is 5.75 Å². The number of aliphatic carboxylic acids is 1. The first-order valence-corrected chi connectivity index (χ1v) is 14.6. The fraction of sp³-hybridized carbons (Fsp3) is 0.419. The van der Waals surface area contributed by atoms with Crippen LogP contribution in [0.3, 0.4) is 0 Å². The minimum atomic E-state index is -1.05. The summed E-state index contributed by atoms with van der Waals surface area (Å²) in [5.41, 5.74) is 3.20. The number of hydrogen-bond donors (Lipinski definition) is 1. The third-order valence-corrected chi connectivity index (χ3v) is 8.22. The van der Waals surface area contributed by atoms with Crippen molar-refractivity contribution in [2.24, 2.45) is 5.92 Å². The highest BCUT2D eigenvalue weighted by molar-refractivity contribution is 7.98. The maximum Gasteiger partial charge on any atom is 0.341 e. The first-order valence-electron chi connectivity index (χ1n) is 13.3. The van der Waals surface area contributed by atoms with Crippen LogP contribution in [0.5, 0.6) is 5.75 Å². The maximum atomic E-state index is 13.7. The largest absolute Gasteiger partial charge is 0.482 e. The normalized spacial score (nSPS) is 17.9. The number of carbonyl (C=O) groups is 2. The van der Waals surface area contributed by atoms with E-state index in [1.54, 1.807) is 30.0 Å². The molecule has 1 N–H and O–H groups in total. The Bertz CT molecular complexity index is 1120. The third kappa shape index (κ3) is 7.98. The molecule has 6 nitrogen and oxygen atoms in total. The van der Waals surface area contributed by atoms with Crippen molar-refractivity contribution in [2.45, 2.75) is 36.9 Å². The van der Waals surface area contributed by atoms with E-state index in [1.807, 2.05) is 42.7 Å². The second-order valence-corrected chi connectivity index (χ2v) is 10.9. The average Bonchev–Trinajstić information content (AvgIpc) is 2.95. The number of allylic oxidation sites excluding steroid dienone is 2. The maximum absolute atomic E-state index is 13.7. The number of piperidine rings is 1. The van der Waals surface area contributed by atoms with Gasteiger partial charge in [0, 0.05) is 11.8 Å². The number of benzene rings is 2. The van der Waals surface area contributed by atoms with E-state index in [2.05, 4.69) is 23.1 Å². The van der Waals surface area contributed by atoms with E-state index in [-0.39, 0.29) is 11.2 Å². The molecule has 1 fully saturated rings. The molecule has 2 aromatic carbocycles. The summed E-state index contributed by atoms with van der Waals surface area (Å²) in [4.78, 5) is 27.1. The number of hydrogen-bond acceptors (Lipinski definition) is 6. The lowest BCUT2D eigenvalue weighted by Gasteiger charge is -2.32. The zero-order valence-corrected chi connectivity index (χ0v) is 22.8. The van der Waals surface area contributed by atoms with Crippen LogP contribution < -0.4 is 4.74 Å². The van der Waals surface area contributed by atoms with Gasteiger partial charge < -0.3 is 14.6 Å². The van der Waals surface area contributed by atoms with Gasteiger partial charge in [-0.2, -0.15) is 11.8 Å². The Morgan fingerprint density at radius 1 is 1.05 bits per heavy atom. The van der Waals surface area contributed by atoms with Crippen molar-refractivity contribution < 1.29 is 24.2 Å². The number of ether oxygens (including phenoxy) is 2. The molecular formula is C31H37NO5S.